The summed E-state index contributed by atoms with van der Waals surface area (Å²) in [6.45, 7) is 3.41. The van der Waals surface area contributed by atoms with Gasteiger partial charge in [0.2, 0.25) is 5.91 Å². The van der Waals surface area contributed by atoms with E-state index in [0.717, 1.165) is 24.0 Å². The number of hydrogen-bond donors (Lipinski definition) is 1. The highest BCUT2D eigenvalue weighted by Crippen LogP contribution is 2.24. The minimum Gasteiger partial charge on any atom is -0.351 e. The van der Waals surface area contributed by atoms with E-state index in [2.05, 4.69) is 15.3 Å². The molecule has 1 aliphatic rings. The predicted molar refractivity (Wildman–Crippen MR) is 139 cm³/mol. The summed E-state index contributed by atoms with van der Waals surface area (Å²) >= 11 is 6.21. The van der Waals surface area contributed by atoms with E-state index in [-0.39, 0.29) is 17.4 Å². The number of halogens is 1. The molecule has 1 saturated heterocycles. The summed E-state index contributed by atoms with van der Waals surface area (Å²) in [5.41, 5.74) is 3.63. The number of anilines is 2. The molecule has 0 spiro atoms. The van der Waals surface area contributed by atoms with Crippen LogP contribution in [0, 0.1) is 12.8 Å². The first-order chi connectivity index (χ1) is 17.0. The molecule has 8 heteroatoms. The van der Waals surface area contributed by atoms with Crippen molar-refractivity contribution in [2.75, 3.05) is 23.3 Å². The van der Waals surface area contributed by atoms with Crippen LogP contribution in [-0.2, 0) is 11.3 Å². The Morgan fingerprint density at radius 3 is 2.77 bits per heavy atom. The zero-order valence-electron chi connectivity index (χ0n) is 19.4. The van der Waals surface area contributed by atoms with Gasteiger partial charge < -0.3 is 10.2 Å². The van der Waals surface area contributed by atoms with Gasteiger partial charge in [-0.3, -0.25) is 14.2 Å². The molecule has 0 unspecified atom stereocenters. The van der Waals surface area contributed by atoms with Gasteiger partial charge in [0.15, 0.2) is 11.5 Å². The zero-order chi connectivity index (χ0) is 24.4. The second-order valence-corrected chi connectivity index (χ2v) is 9.30. The molecule has 0 saturated carbocycles. The summed E-state index contributed by atoms with van der Waals surface area (Å²) < 4.78 is 1.67. The minimum absolute atomic E-state index is 0.0818. The molecule has 0 radical (unpaired) electrons. The standard InChI is InChI=1S/C27H26ClN5O2/c1-18-11-12-21(15-22(18)28)30-26(34)20-9-6-14-32(17-20)25-27(35)33(16-19-7-3-2-4-8-19)24-23(31-25)10-5-13-29-24/h2-5,7-8,10-13,15,20H,6,9,14,16-17H2,1H3,(H,30,34)/t20-/m1/s1. The van der Waals surface area contributed by atoms with Crippen molar-refractivity contribution < 1.29 is 4.79 Å². The maximum Gasteiger partial charge on any atom is 0.295 e. The molecule has 0 bridgehead atoms. The zero-order valence-corrected chi connectivity index (χ0v) is 20.2. The number of aromatic nitrogens is 3. The number of rotatable bonds is 5. The number of pyridine rings is 1. The van der Waals surface area contributed by atoms with Gasteiger partial charge in [0, 0.05) is 30.0 Å². The van der Waals surface area contributed by atoms with Crippen LogP contribution in [0.4, 0.5) is 11.5 Å². The number of carbonyl (C=O) groups excluding carboxylic acids is 1. The molecule has 2 aromatic heterocycles. The Bertz CT molecular complexity index is 1440. The van der Waals surface area contributed by atoms with Gasteiger partial charge in [-0.15, -0.1) is 0 Å². The summed E-state index contributed by atoms with van der Waals surface area (Å²) in [4.78, 5) is 37.7. The Kier molecular flexibility index (Phi) is 6.51. The van der Waals surface area contributed by atoms with Crippen LogP contribution in [0.3, 0.4) is 0 Å². The highest BCUT2D eigenvalue weighted by molar-refractivity contribution is 6.31. The fourth-order valence-corrected chi connectivity index (χ4v) is 4.66. The van der Waals surface area contributed by atoms with Gasteiger partial charge in [-0.05, 0) is 55.2 Å². The molecule has 2 aromatic carbocycles. The van der Waals surface area contributed by atoms with Gasteiger partial charge in [0.25, 0.3) is 5.56 Å². The smallest absolute Gasteiger partial charge is 0.295 e. The molecule has 178 valence electrons. The highest BCUT2D eigenvalue weighted by Gasteiger charge is 2.29. The molecular weight excluding hydrogens is 462 g/mol. The molecule has 0 aliphatic carbocycles. The second-order valence-electron chi connectivity index (χ2n) is 8.90. The van der Waals surface area contributed by atoms with E-state index in [9.17, 15) is 9.59 Å². The van der Waals surface area contributed by atoms with Crippen LogP contribution in [0.15, 0.2) is 71.7 Å². The van der Waals surface area contributed by atoms with Crippen molar-refractivity contribution in [1.29, 1.82) is 0 Å². The van der Waals surface area contributed by atoms with Crippen molar-refractivity contribution >= 4 is 40.2 Å². The number of nitrogens with one attached hydrogen (secondary N) is 1. The summed E-state index contributed by atoms with van der Waals surface area (Å²) in [7, 11) is 0. The van der Waals surface area contributed by atoms with Crippen molar-refractivity contribution in [1.82, 2.24) is 14.5 Å². The molecule has 1 N–H and O–H groups in total. The second kappa shape index (κ2) is 9.88. The van der Waals surface area contributed by atoms with Gasteiger partial charge in [-0.2, -0.15) is 0 Å². The number of amides is 1. The largest absolute Gasteiger partial charge is 0.351 e. The highest BCUT2D eigenvalue weighted by atomic mass is 35.5. The Balaban J connectivity index is 1.43. The van der Waals surface area contributed by atoms with Crippen LogP contribution >= 0.6 is 11.6 Å². The Labute approximate surface area is 208 Å². The van der Waals surface area contributed by atoms with Crippen LogP contribution in [0.5, 0.6) is 0 Å². The Hall–Kier alpha value is -3.71. The number of carbonyl (C=O) groups is 1. The average molecular weight is 488 g/mol. The van der Waals surface area contributed by atoms with Crippen LogP contribution in [0.25, 0.3) is 11.2 Å². The fraction of sp³-hybridized carbons (Fsp3) is 0.259. The molecular formula is C27H26ClN5O2. The monoisotopic (exact) mass is 487 g/mol. The number of aryl methyl sites for hydroxylation is 1. The van der Waals surface area contributed by atoms with E-state index in [1.165, 1.54) is 0 Å². The Morgan fingerprint density at radius 1 is 1.14 bits per heavy atom. The van der Waals surface area contributed by atoms with Crippen LogP contribution in [0.2, 0.25) is 5.02 Å². The van der Waals surface area contributed by atoms with Crippen molar-refractivity contribution in [3.05, 3.63) is 93.4 Å². The molecule has 1 aliphatic heterocycles. The minimum atomic E-state index is -0.266. The van der Waals surface area contributed by atoms with Crippen molar-refractivity contribution in [3.8, 4) is 0 Å². The number of benzene rings is 2. The molecule has 3 heterocycles. The maximum absolute atomic E-state index is 13.6. The molecule has 1 atom stereocenters. The third-order valence-corrected chi connectivity index (χ3v) is 6.81. The van der Waals surface area contributed by atoms with Crippen LogP contribution in [0.1, 0.15) is 24.0 Å². The molecule has 5 rings (SSSR count). The van der Waals surface area contributed by atoms with Crippen molar-refractivity contribution in [2.24, 2.45) is 5.92 Å². The lowest BCUT2D eigenvalue weighted by molar-refractivity contribution is -0.120. The summed E-state index contributed by atoms with van der Waals surface area (Å²) in [5.74, 6) is 0.0104. The lowest BCUT2D eigenvalue weighted by Gasteiger charge is -2.32. The third-order valence-electron chi connectivity index (χ3n) is 6.40. The van der Waals surface area contributed by atoms with Crippen molar-refractivity contribution in [3.63, 3.8) is 0 Å². The van der Waals surface area contributed by atoms with E-state index >= 15 is 0 Å². The van der Waals surface area contributed by atoms with E-state index in [1.54, 1.807) is 16.8 Å². The maximum atomic E-state index is 13.6. The summed E-state index contributed by atoms with van der Waals surface area (Å²) in [5, 5.41) is 3.59. The predicted octanol–water partition coefficient (Wildman–Crippen LogP) is 4.66. The normalized spacial score (nSPS) is 15.8. The lowest BCUT2D eigenvalue weighted by atomic mass is 9.97. The van der Waals surface area contributed by atoms with Gasteiger partial charge in [-0.1, -0.05) is 48.0 Å². The van der Waals surface area contributed by atoms with Crippen LogP contribution in [-0.4, -0.2) is 33.5 Å². The third kappa shape index (κ3) is 4.91. The number of hydrogen-bond acceptors (Lipinski definition) is 5. The van der Waals surface area contributed by atoms with Gasteiger partial charge in [-0.25, -0.2) is 9.97 Å². The molecule has 7 nitrogen and oxygen atoms in total. The van der Waals surface area contributed by atoms with E-state index in [4.69, 9.17) is 11.6 Å². The Morgan fingerprint density at radius 2 is 1.97 bits per heavy atom. The first-order valence-electron chi connectivity index (χ1n) is 11.7. The van der Waals surface area contributed by atoms with Crippen molar-refractivity contribution in [2.45, 2.75) is 26.3 Å². The van der Waals surface area contributed by atoms with Gasteiger partial charge in [0.1, 0.15) is 5.52 Å². The molecule has 1 amide bonds. The number of piperidine rings is 1. The number of nitrogens with zero attached hydrogens (tertiary/aromatic N) is 4. The fourth-order valence-electron chi connectivity index (χ4n) is 4.48. The van der Waals surface area contributed by atoms with E-state index < -0.39 is 0 Å². The molecule has 4 aromatic rings. The summed E-state index contributed by atoms with van der Waals surface area (Å²) in [6, 6.07) is 19.0. The van der Waals surface area contributed by atoms with Gasteiger partial charge >= 0.3 is 0 Å². The van der Waals surface area contributed by atoms with Gasteiger partial charge in [0.05, 0.1) is 12.5 Å². The molecule has 1 fully saturated rings. The quantitative estimate of drug-likeness (QED) is 0.443. The van der Waals surface area contributed by atoms with E-state index in [1.807, 2.05) is 66.4 Å². The summed E-state index contributed by atoms with van der Waals surface area (Å²) in [6.07, 6.45) is 3.20. The SMILES string of the molecule is Cc1ccc(NC(=O)[C@@H]2CCCN(c3nc4cccnc4n(Cc4ccccc4)c3=O)C2)cc1Cl. The first-order valence-corrected chi connectivity index (χ1v) is 12.1. The van der Waals surface area contributed by atoms with Crippen LogP contribution < -0.4 is 15.8 Å². The molecule has 35 heavy (non-hydrogen) atoms. The lowest BCUT2D eigenvalue weighted by Crippen LogP contribution is -2.44. The van der Waals surface area contributed by atoms with E-state index in [0.29, 0.717) is 47.3 Å². The average Bonchev–Trinajstić information content (AvgIpc) is 2.88. The number of fused-ring (bicyclic) bond motifs is 1. The topological polar surface area (TPSA) is 80.1 Å². The first kappa shape index (κ1) is 23.1.